The third-order valence-corrected chi connectivity index (χ3v) is 2.93. The van der Waals surface area contributed by atoms with E-state index in [0.717, 1.165) is 12.4 Å². The summed E-state index contributed by atoms with van der Waals surface area (Å²) in [6, 6.07) is 12.1. The van der Waals surface area contributed by atoms with Crippen molar-refractivity contribution in [1.29, 1.82) is 0 Å². The second-order valence-corrected chi connectivity index (χ2v) is 4.30. The lowest BCUT2D eigenvalue weighted by atomic mass is 10.2. The summed E-state index contributed by atoms with van der Waals surface area (Å²) in [6.45, 7) is 5.09. The molecule has 0 spiro atoms. The first-order chi connectivity index (χ1) is 8.22. The molecule has 1 aromatic carbocycles. The Kier molecular flexibility index (Phi) is 3.64. The van der Waals surface area contributed by atoms with Crippen molar-refractivity contribution in [2.24, 2.45) is 0 Å². The molecular formula is C14H15ClN2. The van der Waals surface area contributed by atoms with E-state index in [-0.39, 0.29) is 0 Å². The van der Waals surface area contributed by atoms with Gasteiger partial charge in [-0.1, -0.05) is 29.8 Å². The van der Waals surface area contributed by atoms with Crippen LogP contribution in [0.2, 0.25) is 5.02 Å². The predicted octanol–water partition coefficient (Wildman–Crippen LogP) is 4.20. The first-order valence-corrected chi connectivity index (χ1v) is 6.05. The number of benzene rings is 1. The summed E-state index contributed by atoms with van der Waals surface area (Å²) >= 11 is 5.86. The van der Waals surface area contributed by atoms with Gasteiger partial charge in [-0.3, -0.25) is 0 Å². The van der Waals surface area contributed by atoms with Crippen LogP contribution in [0.3, 0.4) is 0 Å². The van der Waals surface area contributed by atoms with Gasteiger partial charge in [0.25, 0.3) is 0 Å². The van der Waals surface area contributed by atoms with E-state index in [1.807, 2.05) is 24.3 Å². The highest BCUT2D eigenvalue weighted by molar-refractivity contribution is 6.30. The molecule has 0 unspecified atom stereocenters. The Morgan fingerprint density at radius 3 is 2.53 bits per heavy atom. The fourth-order valence-electron chi connectivity index (χ4n) is 1.85. The van der Waals surface area contributed by atoms with Crippen LogP contribution in [0.4, 0.5) is 11.5 Å². The minimum absolute atomic E-state index is 0.662. The number of nitrogens with zero attached hydrogens (tertiary/aromatic N) is 2. The molecule has 0 bridgehead atoms. The molecule has 2 nitrogen and oxygen atoms in total. The van der Waals surface area contributed by atoms with Gasteiger partial charge in [0.15, 0.2) is 0 Å². The molecule has 17 heavy (non-hydrogen) atoms. The number of pyridine rings is 1. The standard InChI is InChI=1S/C14H15ClN2/c1-3-17(13-7-5-4-6-11(13)2)14-9-8-12(15)10-16-14/h4-10H,3H2,1-2H3. The second kappa shape index (κ2) is 5.19. The van der Waals surface area contributed by atoms with Crippen molar-refractivity contribution >= 4 is 23.1 Å². The van der Waals surface area contributed by atoms with Crippen LogP contribution in [0, 0.1) is 6.92 Å². The Morgan fingerprint density at radius 1 is 1.18 bits per heavy atom. The van der Waals surface area contributed by atoms with E-state index in [2.05, 4.69) is 35.9 Å². The smallest absolute Gasteiger partial charge is 0.133 e. The van der Waals surface area contributed by atoms with Gasteiger partial charge in [-0.05, 0) is 37.6 Å². The Bertz CT molecular complexity index is 494. The molecule has 0 radical (unpaired) electrons. The van der Waals surface area contributed by atoms with E-state index in [0.29, 0.717) is 5.02 Å². The van der Waals surface area contributed by atoms with E-state index >= 15 is 0 Å². The van der Waals surface area contributed by atoms with Gasteiger partial charge >= 0.3 is 0 Å². The van der Waals surface area contributed by atoms with Crippen LogP contribution in [0.15, 0.2) is 42.6 Å². The van der Waals surface area contributed by atoms with Crippen molar-refractivity contribution in [3.63, 3.8) is 0 Å². The molecule has 88 valence electrons. The molecule has 0 atom stereocenters. The van der Waals surface area contributed by atoms with Gasteiger partial charge in [-0.25, -0.2) is 4.98 Å². The third-order valence-electron chi connectivity index (χ3n) is 2.71. The highest BCUT2D eigenvalue weighted by Gasteiger charge is 2.09. The molecule has 1 aromatic heterocycles. The van der Waals surface area contributed by atoms with E-state index in [9.17, 15) is 0 Å². The maximum atomic E-state index is 5.86. The minimum atomic E-state index is 0.662. The number of rotatable bonds is 3. The number of aryl methyl sites for hydroxylation is 1. The Labute approximate surface area is 107 Å². The van der Waals surface area contributed by atoms with Gasteiger partial charge in [0.2, 0.25) is 0 Å². The molecule has 0 fully saturated rings. The Balaban J connectivity index is 2.40. The van der Waals surface area contributed by atoms with Crippen molar-refractivity contribution in [2.45, 2.75) is 13.8 Å². The van der Waals surface area contributed by atoms with Crippen LogP contribution >= 0.6 is 11.6 Å². The van der Waals surface area contributed by atoms with Crippen molar-refractivity contribution < 1.29 is 0 Å². The molecule has 0 amide bonds. The largest absolute Gasteiger partial charge is 0.326 e. The lowest BCUT2D eigenvalue weighted by Gasteiger charge is -2.23. The maximum absolute atomic E-state index is 5.86. The molecule has 0 aliphatic rings. The molecular weight excluding hydrogens is 232 g/mol. The van der Waals surface area contributed by atoms with Crippen LogP contribution in [0.5, 0.6) is 0 Å². The molecule has 0 saturated heterocycles. The quantitative estimate of drug-likeness (QED) is 0.807. The van der Waals surface area contributed by atoms with Crippen molar-refractivity contribution in [3.05, 3.63) is 53.2 Å². The third kappa shape index (κ3) is 2.59. The van der Waals surface area contributed by atoms with E-state index in [4.69, 9.17) is 11.6 Å². The minimum Gasteiger partial charge on any atom is -0.326 e. The Morgan fingerprint density at radius 2 is 1.94 bits per heavy atom. The van der Waals surface area contributed by atoms with Crippen molar-refractivity contribution in [1.82, 2.24) is 4.98 Å². The van der Waals surface area contributed by atoms with E-state index < -0.39 is 0 Å². The van der Waals surface area contributed by atoms with Gasteiger partial charge in [0.05, 0.1) is 5.02 Å². The average molecular weight is 247 g/mol. The van der Waals surface area contributed by atoms with Gasteiger partial charge in [-0.15, -0.1) is 0 Å². The number of aromatic nitrogens is 1. The summed E-state index contributed by atoms with van der Waals surface area (Å²) in [6.07, 6.45) is 1.68. The zero-order valence-corrected chi connectivity index (χ0v) is 10.8. The van der Waals surface area contributed by atoms with Gasteiger partial charge in [0, 0.05) is 18.4 Å². The fourth-order valence-corrected chi connectivity index (χ4v) is 1.96. The Hall–Kier alpha value is -1.54. The number of anilines is 2. The van der Waals surface area contributed by atoms with E-state index in [1.165, 1.54) is 11.3 Å². The van der Waals surface area contributed by atoms with Gasteiger partial charge in [-0.2, -0.15) is 0 Å². The summed E-state index contributed by atoms with van der Waals surface area (Å²) < 4.78 is 0. The zero-order valence-electron chi connectivity index (χ0n) is 10.0. The molecule has 0 N–H and O–H groups in total. The molecule has 0 aliphatic carbocycles. The first-order valence-electron chi connectivity index (χ1n) is 5.67. The molecule has 0 aliphatic heterocycles. The molecule has 0 saturated carbocycles. The maximum Gasteiger partial charge on any atom is 0.133 e. The average Bonchev–Trinajstić information content (AvgIpc) is 2.35. The van der Waals surface area contributed by atoms with Gasteiger partial charge < -0.3 is 4.90 Å². The molecule has 2 rings (SSSR count). The van der Waals surface area contributed by atoms with Crippen LogP contribution in [0.1, 0.15) is 12.5 Å². The fraction of sp³-hybridized carbons (Fsp3) is 0.214. The molecule has 3 heteroatoms. The second-order valence-electron chi connectivity index (χ2n) is 3.87. The SMILES string of the molecule is CCN(c1ccc(Cl)cn1)c1ccccc1C. The molecule has 2 aromatic rings. The van der Waals surface area contributed by atoms with Crippen LogP contribution in [0.25, 0.3) is 0 Å². The summed E-state index contributed by atoms with van der Waals surface area (Å²) in [5.41, 5.74) is 2.43. The number of halogens is 1. The molecule has 1 heterocycles. The number of hydrogen-bond acceptors (Lipinski definition) is 2. The highest BCUT2D eigenvalue weighted by atomic mass is 35.5. The topological polar surface area (TPSA) is 16.1 Å². The summed E-state index contributed by atoms with van der Waals surface area (Å²) in [4.78, 5) is 6.53. The van der Waals surface area contributed by atoms with E-state index in [1.54, 1.807) is 6.20 Å². The number of hydrogen-bond donors (Lipinski definition) is 0. The monoisotopic (exact) mass is 246 g/mol. The summed E-state index contributed by atoms with van der Waals surface area (Å²) in [7, 11) is 0. The first kappa shape index (κ1) is 11.9. The van der Waals surface area contributed by atoms with Crippen molar-refractivity contribution in [2.75, 3.05) is 11.4 Å². The normalized spacial score (nSPS) is 10.3. The van der Waals surface area contributed by atoms with Crippen LogP contribution in [-0.2, 0) is 0 Å². The predicted molar refractivity (Wildman–Crippen MR) is 73.1 cm³/mol. The zero-order chi connectivity index (χ0) is 12.3. The number of para-hydroxylation sites is 1. The van der Waals surface area contributed by atoms with Crippen molar-refractivity contribution in [3.8, 4) is 0 Å². The van der Waals surface area contributed by atoms with Crippen LogP contribution < -0.4 is 4.90 Å². The van der Waals surface area contributed by atoms with Gasteiger partial charge in [0.1, 0.15) is 5.82 Å². The van der Waals surface area contributed by atoms with Crippen LogP contribution in [-0.4, -0.2) is 11.5 Å². The summed E-state index contributed by atoms with van der Waals surface area (Å²) in [5, 5.41) is 0.662. The lowest BCUT2D eigenvalue weighted by Crippen LogP contribution is -2.18. The highest BCUT2D eigenvalue weighted by Crippen LogP contribution is 2.26. The lowest BCUT2D eigenvalue weighted by molar-refractivity contribution is 0.983. The summed E-state index contributed by atoms with van der Waals surface area (Å²) in [5.74, 6) is 0.922.